The Hall–Kier alpha value is -0.370. The van der Waals surface area contributed by atoms with E-state index >= 15 is 0 Å². The fourth-order valence-corrected chi connectivity index (χ4v) is 8.80. The first-order valence-electron chi connectivity index (χ1n) is 13.5. The van der Waals surface area contributed by atoms with E-state index < -0.39 is 11.5 Å². The standard InChI is InChI=1S/C24H41Cl2N7O3S/c1-11-4-13(14-5-19(25)28-8-17(14)36-3)15(7-27-11)22(34)32-24-31-16-9-33(10-18(16)37-24)23(35)20-21(26)30-12(2)6-29-20/h11-21,24,27-31H,4-10H2,1-3H3,(H,32,34). The summed E-state index contributed by atoms with van der Waals surface area (Å²) in [7, 11) is 1.74. The Labute approximate surface area is 233 Å². The van der Waals surface area contributed by atoms with Crippen LogP contribution in [0.5, 0.6) is 0 Å². The van der Waals surface area contributed by atoms with E-state index in [1.165, 1.54) is 0 Å². The van der Waals surface area contributed by atoms with E-state index in [9.17, 15) is 9.59 Å². The third-order valence-electron chi connectivity index (χ3n) is 8.69. The lowest BCUT2D eigenvalue weighted by Crippen LogP contribution is -2.63. The highest BCUT2D eigenvalue weighted by Crippen LogP contribution is 2.38. The zero-order chi connectivity index (χ0) is 26.3. The number of piperazine rings is 1. The summed E-state index contributed by atoms with van der Waals surface area (Å²) in [5, 5.41) is 20.4. The number of thioether (sulfide) groups is 1. The lowest BCUT2D eigenvalue weighted by Gasteiger charge is -2.45. The molecule has 6 N–H and O–H groups in total. The van der Waals surface area contributed by atoms with E-state index in [0.29, 0.717) is 38.8 Å². The summed E-state index contributed by atoms with van der Waals surface area (Å²) < 4.78 is 5.80. The van der Waals surface area contributed by atoms with Crippen molar-refractivity contribution in [2.45, 2.75) is 78.7 Å². The lowest BCUT2D eigenvalue weighted by atomic mass is 9.70. The molecule has 0 saturated carbocycles. The van der Waals surface area contributed by atoms with E-state index in [1.807, 2.05) is 11.8 Å². The van der Waals surface area contributed by atoms with Gasteiger partial charge < -0.3 is 25.6 Å². The van der Waals surface area contributed by atoms with Gasteiger partial charge in [0, 0.05) is 63.2 Å². The van der Waals surface area contributed by atoms with Crippen LogP contribution in [0.25, 0.3) is 0 Å². The average molecular weight is 579 g/mol. The summed E-state index contributed by atoms with van der Waals surface area (Å²) in [4.78, 5) is 28.6. The predicted octanol–water partition coefficient (Wildman–Crippen LogP) is -0.380. The minimum atomic E-state index is -0.422. The second-order valence-electron chi connectivity index (χ2n) is 11.3. The summed E-state index contributed by atoms with van der Waals surface area (Å²) in [6.07, 6.45) is 1.76. The largest absolute Gasteiger partial charge is 0.380 e. The Balaban J connectivity index is 1.16. The molecular formula is C24H41Cl2N7O3S. The maximum atomic E-state index is 13.6. The molecule has 5 saturated heterocycles. The van der Waals surface area contributed by atoms with Gasteiger partial charge in [-0.25, -0.2) is 0 Å². The molecule has 13 heteroatoms. The number of methoxy groups -OCH3 is 1. The van der Waals surface area contributed by atoms with Crippen molar-refractivity contribution in [2.24, 2.45) is 17.8 Å². The van der Waals surface area contributed by atoms with Crippen LogP contribution in [0.1, 0.15) is 26.7 Å². The van der Waals surface area contributed by atoms with E-state index in [2.05, 4.69) is 38.8 Å². The normalized spacial score (nSPS) is 46.5. The third-order valence-corrected chi connectivity index (χ3v) is 10.8. The van der Waals surface area contributed by atoms with Gasteiger partial charge in [0.2, 0.25) is 11.8 Å². The van der Waals surface area contributed by atoms with Crippen molar-refractivity contribution in [3.63, 3.8) is 0 Å². The molecule has 10 nitrogen and oxygen atoms in total. The Bertz CT molecular complexity index is 832. The van der Waals surface area contributed by atoms with Crippen LogP contribution in [0.3, 0.4) is 0 Å². The second kappa shape index (κ2) is 12.0. The number of carbonyl (C=O) groups excluding carboxylic acids is 2. The van der Waals surface area contributed by atoms with Gasteiger partial charge in [-0.05, 0) is 38.5 Å². The van der Waals surface area contributed by atoms with Crippen molar-refractivity contribution in [1.29, 1.82) is 0 Å². The van der Waals surface area contributed by atoms with Gasteiger partial charge in [-0.3, -0.25) is 25.5 Å². The molecule has 0 aromatic rings. The molecule has 37 heavy (non-hydrogen) atoms. The maximum Gasteiger partial charge on any atom is 0.242 e. The van der Waals surface area contributed by atoms with Gasteiger partial charge in [0.25, 0.3) is 0 Å². The van der Waals surface area contributed by atoms with Gasteiger partial charge in [-0.2, -0.15) is 0 Å². The minimum absolute atomic E-state index is 0.0364. The molecule has 0 aromatic carbocycles. The Morgan fingerprint density at radius 1 is 0.973 bits per heavy atom. The van der Waals surface area contributed by atoms with Crippen LogP contribution in [0.15, 0.2) is 0 Å². The van der Waals surface area contributed by atoms with Gasteiger partial charge in [0.15, 0.2) is 0 Å². The zero-order valence-electron chi connectivity index (χ0n) is 21.7. The predicted molar refractivity (Wildman–Crippen MR) is 146 cm³/mol. The maximum absolute atomic E-state index is 13.6. The van der Waals surface area contributed by atoms with Crippen LogP contribution < -0.4 is 31.9 Å². The van der Waals surface area contributed by atoms with Crippen molar-refractivity contribution in [2.75, 3.05) is 39.8 Å². The fraction of sp³-hybridized carbons (Fsp3) is 0.917. The topological polar surface area (TPSA) is 119 Å². The molecule has 12 atom stereocenters. The highest BCUT2D eigenvalue weighted by molar-refractivity contribution is 8.00. The first-order chi connectivity index (χ1) is 17.7. The van der Waals surface area contributed by atoms with Crippen molar-refractivity contribution < 1.29 is 14.3 Å². The number of likely N-dealkylation sites (tertiary alicyclic amines) is 1. The molecule has 0 aliphatic carbocycles. The van der Waals surface area contributed by atoms with Crippen molar-refractivity contribution in [3.05, 3.63) is 0 Å². The Kier molecular flexibility index (Phi) is 9.15. The molecular weight excluding hydrogens is 537 g/mol. The van der Waals surface area contributed by atoms with E-state index in [1.54, 1.807) is 18.9 Å². The van der Waals surface area contributed by atoms with Crippen LogP contribution in [0, 0.1) is 17.8 Å². The van der Waals surface area contributed by atoms with Gasteiger partial charge in [-0.15, -0.1) is 35.0 Å². The van der Waals surface area contributed by atoms with Gasteiger partial charge in [0.05, 0.1) is 17.5 Å². The van der Waals surface area contributed by atoms with Crippen LogP contribution in [0.2, 0.25) is 0 Å². The molecule has 5 fully saturated rings. The molecule has 0 radical (unpaired) electrons. The molecule has 5 aliphatic heterocycles. The minimum Gasteiger partial charge on any atom is -0.380 e. The molecule has 12 unspecified atom stereocenters. The first kappa shape index (κ1) is 28.2. The Morgan fingerprint density at radius 2 is 1.78 bits per heavy atom. The van der Waals surface area contributed by atoms with Crippen LogP contribution in [-0.4, -0.2) is 109 Å². The molecule has 210 valence electrons. The number of hydrogen-bond acceptors (Lipinski definition) is 9. The van der Waals surface area contributed by atoms with Crippen molar-refractivity contribution >= 4 is 46.8 Å². The number of piperidine rings is 2. The summed E-state index contributed by atoms with van der Waals surface area (Å²) in [6.45, 7) is 7.56. The van der Waals surface area contributed by atoms with Crippen molar-refractivity contribution in [3.8, 4) is 0 Å². The van der Waals surface area contributed by atoms with Crippen LogP contribution in [-0.2, 0) is 14.3 Å². The van der Waals surface area contributed by atoms with E-state index in [4.69, 9.17) is 27.9 Å². The summed E-state index contributed by atoms with van der Waals surface area (Å²) in [6, 6.07) is 0.304. The number of hydrogen-bond donors (Lipinski definition) is 6. The van der Waals surface area contributed by atoms with Gasteiger partial charge in [-0.1, -0.05) is 0 Å². The number of alkyl halides is 2. The first-order valence-corrected chi connectivity index (χ1v) is 15.3. The highest BCUT2D eigenvalue weighted by Gasteiger charge is 2.48. The fourth-order valence-electron chi connectivity index (χ4n) is 6.69. The summed E-state index contributed by atoms with van der Waals surface area (Å²) in [5.74, 6) is 0.391. The number of nitrogens with zero attached hydrogens (tertiary/aromatic N) is 1. The number of carbonyl (C=O) groups is 2. The lowest BCUT2D eigenvalue weighted by molar-refractivity contribution is -0.133. The van der Waals surface area contributed by atoms with Crippen LogP contribution in [0.4, 0.5) is 0 Å². The van der Waals surface area contributed by atoms with Crippen LogP contribution >= 0.6 is 35.0 Å². The monoisotopic (exact) mass is 577 g/mol. The number of ether oxygens (including phenoxy) is 1. The number of fused-ring (bicyclic) bond motifs is 1. The summed E-state index contributed by atoms with van der Waals surface area (Å²) in [5.41, 5.74) is -0.682. The third kappa shape index (κ3) is 6.20. The second-order valence-corrected chi connectivity index (χ2v) is 13.6. The smallest absolute Gasteiger partial charge is 0.242 e. The van der Waals surface area contributed by atoms with Gasteiger partial charge >= 0.3 is 0 Å². The Morgan fingerprint density at radius 3 is 2.51 bits per heavy atom. The zero-order valence-corrected chi connectivity index (χ0v) is 24.0. The van der Waals surface area contributed by atoms with Gasteiger partial charge in [0.1, 0.15) is 17.0 Å². The van der Waals surface area contributed by atoms with E-state index in [-0.39, 0.29) is 64.0 Å². The molecule has 5 aliphatic rings. The number of nitrogens with one attached hydrogen (secondary N) is 6. The number of halogens is 2. The molecule has 5 rings (SSSR count). The summed E-state index contributed by atoms with van der Waals surface area (Å²) >= 11 is 14.6. The molecule has 5 heterocycles. The molecule has 2 amide bonds. The molecule has 0 bridgehead atoms. The highest BCUT2D eigenvalue weighted by atomic mass is 35.5. The van der Waals surface area contributed by atoms with Crippen molar-refractivity contribution in [1.82, 2.24) is 36.8 Å². The molecule has 0 aromatic heterocycles. The molecule has 0 spiro atoms. The average Bonchev–Trinajstić information content (AvgIpc) is 3.42. The quantitative estimate of drug-likeness (QED) is 0.192. The SMILES string of the molecule is COC1CNC(Cl)CC1C1CC(C)NCC1C(=O)NC1NC2CN(C(=O)C3NCC(C)NC3Cl)CC2S1. The van der Waals surface area contributed by atoms with E-state index in [0.717, 1.165) is 12.8 Å². The number of amides is 2. The number of rotatable bonds is 5.